The molecule has 1 amide bonds. The largest absolute Gasteiger partial charge is 0.495 e. The number of hydrogen-bond donors (Lipinski definition) is 2. The molecule has 0 aromatic heterocycles. The molecule has 1 atom stereocenters. The second-order valence-electron chi connectivity index (χ2n) is 6.34. The van der Waals surface area contributed by atoms with E-state index >= 15 is 0 Å². The zero-order valence-corrected chi connectivity index (χ0v) is 14.4. The number of rotatable bonds is 6. The van der Waals surface area contributed by atoms with Gasteiger partial charge in [-0.05, 0) is 42.2 Å². The second-order valence-corrected chi connectivity index (χ2v) is 6.34. The standard InChI is InChI=1S/C20H24N2O3/c1-25-19-8-3-2-7-18(19)22-10-9-16(13-22)12-21-20(24)17-6-4-5-15(11-17)14-23/h2-8,11,16,23H,9-10,12-14H2,1H3,(H,21,24). The number of nitrogens with one attached hydrogen (secondary N) is 1. The van der Waals surface area contributed by atoms with Gasteiger partial charge in [-0.1, -0.05) is 24.3 Å². The van der Waals surface area contributed by atoms with Gasteiger partial charge in [0.15, 0.2) is 0 Å². The van der Waals surface area contributed by atoms with Gasteiger partial charge in [0.1, 0.15) is 5.75 Å². The Morgan fingerprint density at radius 3 is 2.92 bits per heavy atom. The molecule has 5 heteroatoms. The minimum Gasteiger partial charge on any atom is -0.495 e. The lowest BCUT2D eigenvalue weighted by Gasteiger charge is -2.21. The second kappa shape index (κ2) is 8.03. The molecular formula is C20H24N2O3. The fourth-order valence-corrected chi connectivity index (χ4v) is 3.26. The van der Waals surface area contributed by atoms with Gasteiger partial charge in [0, 0.05) is 25.2 Å². The molecule has 1 saturated heterocycles. The summed E-state index contributed by atoms with van der Waals surface area (Å²) in [5, 5.41) is 12.2. The molecular weight excluding hydrogens is 316 g/mol. The van der Waals surface area contributed by atoms with Crippen molar-refractivity contribution < 1.29 is 14.6 Å². The van der Waals surface area contributed by atoms with Crippen molar-refractivity contribution in [2.24, 2.45) is 5.92 Å². The molecule has 25 heavy (non-hydrogen) atoms. The summed E-state index contributed by atoms with van der Waals surface area (Å²) in [5.74, 6) is 1.20. The van der Waals surface area contributed by atoms with Crippen LogP contribution in [0.4, 0.5) is 5.69 Å². The monoisotopic (exact) mass is 340 g/mol. The van der Waals surface area contributed by atoms with Gasteiger partial charge in [0.05, 0.1) is 19.4 Å². The van der Waals surface area contributed by atoms with Crippen molar-refractivity contribution in [1.29, 1.82) is 0 Å². The summed E-state index contributed by atoms with van der Waals surface area (Å²) >= 11 is 0. The molecule has 132 valence electrons. The zero-order valence-electron chi connectivity index (χ0n) is 14.4. The van der Waals surface area contributed by atoms with Crippen LogP contribution in [0, 0.1) is 5.92 Å². The average molecular weight is 340 g/mol. The Morgan fingerprint density at radius 2 is 2.12 bits per heavy atom. The van der Waals surface area contributed by atoms with Crippen LogP contribution in [0.5, 0.6) is 5.75 Å². The first-order valence-corrected chi connectivity index (χ1v) is 8.57. The topological polar surface area (TPSA) is 61.8 Å². The van der Waals surface area contributed by atoms with E-state index in [2.05, 4.69) is 16.3 Å². The molecule has 0 bridgehead atoms. The van der Waals surface area contributed by atoms with Crippen LogP contribution in [0.25, 0.3) is 0 Å². The van der Waals surface area contributed by atoms with Crippen molar-refractivity contribution in [1.82, 2.24) is 5.32 Å². The lowest BCUT2D eigenvalue weighted by atomic mass is 10.1. The molecule has 0 aliphatic carbocycles. The van der Waals surface area contributed by atoms with Crippen LogP contribution >= 0.6 is 0 Å². The lowest BCUT2D eigenvalue weighted by Crippen LogP contribution is -2.31. The number of anilines is 1. The van der Waals surface area contributed by atoms with E-state index in [4.69, 9.17) is 4.74 Å². The molecule has 1 unspecified atom stereocenters. The Balaban J connectivity index is 1.55. The molecule has 0 spiro atoms. The van der Waals surface area contributed by atoms with E-state index in [1.807, 2.05) is 18.2 Å². The number of para-hydroxylation sites is 2. The molecule has 2 aromatic rings. The Morgan fingerprint density at radius 1 is 1.28 bits per heavy atom. The van der Waals surface area contributed by atoms with Crippen LogP contribution in [-0.2, 0) is 6.61 Å². The van der Waals surface area contributed by atoms with Gasteiger partial charge in [0.25, 0.3) is 5.91 Å². The first kappa shape index (κ1) is 17.3. The van der Waals surface area contributed by atoms with E-state index in [0.29, 0.717) is 18.0 Å². The van der Waals surface area contributed by atoms with Gasteiger partial charge in [-0.15, -0.1) is 0 Å². The Kier molecular flexibility index (Phi) is 5.56. The third kappa shape index (κ3) is 4.12. The quantitative estimate of drug-likeness (QED) is 0.848. The highest BCUT2D eigenvalue weighted by atomic mass is 16.5. The molecule has 1 fully saturated rings. The Bertz CT molecular complexity index is 732. The van der Waals surface area contributed by atoms with Crippen LogP contribution in [0.2, 0.25) is 0 Å². The van der Waals surface area contributed by atoms with Crippen LogP contribution in [0.1, 0.15) is 22.3 Å². The maximum absolute atomic E-state index is 12.3. The van der Waals surface area contributed by atoms with E-state index in [0.717, 1.165) is 36.5 Å². The number of nitrogens with zero attached hydrogens (tertiary/aromatic N) is 1. The number of amides is 1. The first-order valence-electron chi connectivity index (χ1n) is 8.57. The van der Waals surface area contributed by atoms with Gasteiger partial charge >= 0.3 is 0 Å². The van der Waals surface area contributed by atoms with Crippen molar-refractivity contribution in [2.45, 2.75) is 13.0 Å². The molecule has 5 nitrogen and oxygen atoms in total. The minimum absolute atomic E-state index is 0.0579. The van der Waals surface area contributed by atoms with Crippen LogP contribution in [-0.4, -0.2) is 37.8 Å². The van der Waals surface area contributed by atoms with Crippen molar-refractivity contribution in [3.05, 3.63) is 59.7 Å². The molecule has 1 aliphatic heterocycles. The van der Waals surface area contributed by atoms with Crippen LogP contribution in [0.3, 0.4) is 0 Å². The third-order valence-electron chi connectivity index (χ3n) is 4.63. The first-order chi connectivity index (χ1) is 12.2. The molecule has 2 aromatic carbocycles. The predicted octanol–water partition coefficient (Wildman–Crippen LogP) is 2.44. The van der Waals surface area contributed by atoms with Crippen molar-refractivity contribution in [3.8, 4) is 5.75 Å². The Labute approximate surface area is 148 Å². The number of hydrogen-bond acceptors (Lipinski definition) is 4. The van der Waals surface area contributed by atoms with Crippen molar-refractivity contribution in [2.75, 3.05) is 31.6 Å². The number of benzene rings is 2. The highest BCUT2D eigenvalue weighted by molar-refractivity contribution is 5.94. The molecule has 3 rings (SSSR count). The maximum atomic E-state index is 12.3. The third-order valence-corrected chi connectivity index (χ3v) is 4.63. The number of carbonyl (C=O) groups is 1. The van der Waals surface area contributed by atoms with Crippen LogP contribution < -0.4 is 15.0 Å². The lowest BCUT2D eigenvalue weighted by molar-refractivity contribution is 0.0948. The van der Waals surface area contributed by atoms with Gasteiger partial charge in [0.2, 0.25) is 0 Å². The molecule has 1 aliphatic rings. The highest BCUT2D eigenvalue weighted by Gasteiger charge is 2.25. The molecule has 2 N–H and O–H groups in total. The van der Waals surface area contributed by atoms with E-state index in [-0.39, 0.29) is 12.5 Å². The summed E-state index contributed by atoms with van der Waals surface area (Å²) in [4.78, 5) is 14.6. The highest BCUT2D eigenvalue weighted by Crippen LogP contribution is 2.31. The minimum atomic E-state index is -0.0916. The summed E-state index contributed by atoms with van der Waals surface area (Å²) in [6.07, 6.45) is 1.04. The van der Waals surface area contributed by atoms with E-state index in [9.17, 15) is 9.90 Å². The fraction of sp³-hybridized carbons (Fsp3) is 0.350. The fourth-order valence-electron chi connectivity index (χ4n) is 3.26. The SMILES string of the molecule is COc1ccccc1N1CCC(CNC(=O)c2cccc(CO)c2)C1. The summed E-state index contributed by atoms with van der Waals surface area (Å²) < 4.78 is 5.44. The smallest absolute Gasteiger partial charge is 0.251 e. The zero-order chi connectivity index (χ0) is 17.6. The predicted molar refractivity (Wildman–Crippen MR) is 98.0 cm³/mol. The van der Waals surface area contributed by atoms with E-state index in [1.54, 1.807) is 31.4 Å². The molecule has 1 heterocycles. The average Bonchev–Trinajstić information content (AvgIpc) is 3.15. The van der Waals surface area contributed by atoms with E-state index < -0.39 is 0 Å². The number of ether oxygens (including phenoxy) is 1. The maximum Gasteiger partial charge on any atom is 0.251 e. The van der Waals surface area contributed by atoms with Gasteiger partial charge < -0.3 is 20.1 Å². The number of carbonyl (C=O) groups excluding carboxylic acids is 1. The van der Waals surface area contributed by atoms with Crippen molar-refractivity contribution in [3.63, 3.8) is 0 Å². The molecule has 0 radical (unpaired) electrons. The van der Waals surface area contributed by atoms with E-state index in [1.165, 1.54) is 0 Å². The van der Waals surface area contributed by atoms with Gasteiger partial charge in [-0.2, -0.15) is 0 Å². The molecule has 0 saturated carbocycles. The van der Waals surface area contributed by atoms with Gasteiger partial charge in [-0.3, -0.25) is 4.79 Å². The number of aliphatic hydroxyl groups excluding tert-OH is 1. The number of methoxy groups -OCH3 is 1. The summed E-state index contributed by atoms with van der Waals surface area (Å²) in [6.45, 7) is 2.45. The Hall–Kier alpha value is -2.53. The summed E-state index contributed by atoms with van der Waals surface area (Å²) in [5.41, 5.74) is 2.44. The summed E-state index contributed by atoms with van der Waals surface area (Å²) in [7, 11) is 1.69. The normalized spacial score (nSPS) is 16.7. The summed E-state index contributed by atoms with van der Waals surface area (Å²) in [6, 6.07) is 15.1. The van der Waals surface area contributed by atoms with Crippen molar-refractivity contribution >= 4 is 11.6 Å². The van der Waals surface area contributed by atoms with Crippen LogP contribution in [0.15, 0.2) is 48.5 Å². The van der Waals surface area contributed by atoms with Gasteiger partial charge in [-0.25, -0.2) is 0 Å². The number of aliphatic hydroxyl groups is 1.